The molecular weight excluding hydrogens is 248 g/mol. The summed E-state index contributed by atoms with van der Waals surface area (Å²) in [6.45, 7) is 1.60. The van der Waals surface area contributed by atoms with Gasteiger partial charge in [0.2, 0.25) is 0 Å². The number of benzene rings is 1. The number of H-pyrrole nitrogens is 1. The largest absolute Gasteiger partial charge is 0.507 e. The van der Waals surface area contributed by atoms with Crippen molar-refractivity contribution in [3.05, 3.63) is 47.3 Å². The summed E-state index contributed by atoms with van der Waals surface area (Å²) in [5.74, 6) is -1.87. The number of carbonyl (C=O) groups is 2. The van der Waals surface area contributed by atoms with E-state index < -0.39 is 11.9 Å². The zero-order valence-corrected chi connectivity index (χ0v) is 10.1. The lowest BCUT2D eigenvalue weighted by atomic mass is 10.1. The fourth-order valence-electron chi connectivity index (χ4n) is 1.76. The molecule has 2 rings (SSSR count). The van der Waals surface area contributed by atoms with Crippen molar-refractivity contribution >= 4 is 17.6 Å². The molecule has 0 fully saturated rings. The van der Waals surface area contributed by atoms with E-state index in [1.165, 1.54) is 18.3 Å². The molecule has 6 nitrogen and oxygen atoms in total. The van der Waals surface area contributed by atoms with Crippen LogP contribution in [-0.4, -0.2) is 27.1 Å². The Morgan fingerprint density at radius 2 is 1.95 bits per heavy atom. The first-order chi connectivity index (χ1) is 9.00. The van der Waals surface area contributed by atoms with Gasteiger partial charge >= 0.3 is 5.97 Å². The molecule has 1 heterocycles. The number of aromatic nitrogens is 1. The van der Waals surface area contributed by atoms with Crippen molar-refractivity contribution in [2.75, 3.05) is 5.32 Å². The number of amides is 1. The van der Waals surface area contributed by atoms with Crippen molar-refractivity contribution in [1.82, 2.24) is 4.98 Å². The third kappa shape index (κ3) is 2.42. The van der Waals surface area contributed by atoms with Gasteiger partial charge < -0.3 is 20.5 Å². The molecule has 0 atom stereocenters. The maximum absolute atomic E-state index is 11.9. The molecule has 6 heteroatoms. The maximum atomic E-state index is 11.9. The molecule has 19 heavy (non-hydrogen) atoms. The summed E-state index contributed by atoms with van der Waals surface area (Å²) in [5, 5.41) is 21.1. The Bertz CT molecular complexity index is 646. The molecule has 0 radical (unpaired) electrons. The molecule has 1 aromatic heterocycles. The number of aryl methyl sites for hydroxylation is 1. The minimum atomic E-state index is -1.13. The first kappa shape index (κ1) is 12.7. The standard InChI is InChI=1S/C13H12N2O4/c1-7-11(13(18)19)9(6-14-7)15-12(17)8-4-2-3-5-10(8)16/h2-6,14,16H,1H3,(H,15,17)(H,18,19). The number of aromatic hydroxyl groups is 1. The van der Waals surface area contributed by atoms with Crippen molar-refractivity contribution in [3.8, 4) is 5.75 Å². The number of aromatic amines is 1. The number of phenols is 1. The Morgan fingerprint density at radius 1 is 1.26 bits per heavy atom. The molecule has 0 aliphatic rings. The maximum Gasteiger partial charge on any atom is 0.339 e. The van der Waals surface area contributed by atoms with Gasteiger partial charge in [-0.15, -0.1) is 0 Å². The summed E-state index contributed by atoms with van der Waals surface area (Å²) in [6, 6.07) is 6.03. The highest BCUT2D eigenvalue weighted by atomic mass is 16.4. The van der Waals surface area contributed by atoms with Crippen LogP contribution in [0.2, 0.25) is 0 Å². The van der Waals surface area contributed by atoms with Gasteiger partial charge in [-0.3, -0.25) is 4.79 Å². The van der Waals surface area contributed by atoms with Crippen LogP contribution in [0, 0.1) is 6.92 Å². The predicted octanol–water partition coefficient (Wildman–Crippen LogP) is 1.98. The molecule has 0 unspecified atom stereocenters. The molecule has 98 valence electrons. The van der Waals surface area contributed by atoms with E-state index in [-0.39, 0.29) is 22.6 Å². The molecule has 0 bridgehead atoms. The van der Waals surface area contributed by atoms with E-state index in [1.54, 1.807) is 19.1 Å². The van der Waals surface area contributed by atoms with E-state index in [0.717, 1.165) is 0 Å². The molecule has 0 aliphatic carbocycles. The molecule has 0 aliphatic heterocycles. The number of hydrogen-bond acceptors (Lipinski definition) is 3. The number of carbonyl (C=O) groups excluding carboxylic acids is 1. The highest BCUT2D eigenvalue weighted by molar-refractivity contribution is 6.09. The quantitative estimate of drug-likeness (QED) is 0.677. The lowest BCUT2D eigenvalue weighted by Crippen LogP contribution is -2.14. The highest BCUT2D eigenvalue weighted by Gasteiger charge is 2.18. The number of hydrogen-bond donors (Lipinski definition) is 4. The normalized spacial score (nSPS) is 10.2. The van der Waals surface area contributed by atoms with Gasteiger partial charge in [0, 0.05) is 11.9 Å². The van der Waals surface area contributed by atoms with E-state index in [0.29, 0.717) is 5.69 Å². The molecule has 0 spiro atoms. The highest BCUT2D eigenvalue weighted by Crippen LogP contribution is 2.22. The van der Waals surface area contributed by atoms with Crippen LogP contribution in [0.25, 0.3) is 0 Å². The second kappa shape index (κ2) is 4.85. The van der Waals surface area contributed by atoms with E-state index in [2.05, 4.69) is 10.3 Å². The number of para-hydroxylation sites is 1. The fraction of sp³-hybridized carbons (Fsp3) is 0.0769. The summed E-state index contributed by atoms with van der Waals surface area (Å²) in [4.78, 5) is 25.7. The second-order valence-electron chi connectivity index (χ2n) is 3.98. The van der Waals surface area contributed by atoms with Crippen LogP contribution in [0.3, 0.4) is 0 Å². The van der Waals surface area contributed by atoms with Crippen molar-refractivity contribution in [2.24, 2.45) is 0 Å². The minimum Gasteiger partial charge on any atom is -0.507 e. The Balaban J connectivity index is 2.30. The van der Waals surface area contributed by atoms with Crippen molar-refractivity contribution in [3.63, 3.8) is 0 Å². The number of rotatable bonds is 3. The van der Waals surface area contributed by atoms with Crippen LogP contribution in [0.15, 0.2) is 30.5 Å². The number of phenolic OH excluding ortho intramolecular Hbond substituents is 1. The lowest BCUT2D eigenvalue weighted by Gasteiger charge is -2.06. The molecule has 1 amide bonds. The third-order valence-electron chi connectivity index (χ3n) is 2.69. The summed E-state index contributed by atoms with van der Waals surface area (Å²) in [7, 11) is 0. The van der Waals surface area contributed by atoms with Crippen LogP contribution in [0.5, 0.6) is 5.75 Å². The Labute approximate surface area is 108 Å². The number of nitrogens with one attached hydrogen (secondary N) is 2. The Morgan fingerprint density at radius 3 is 2.58 bits per heavy atom. The minimum absolute atomic E-state index is 0.00349. The van der Waals surface area contributed by atoms with Crippen LogP contribution >= 0.6 is 0 Å². The molecule has 1 aromatic carbocycles. The Hall–Kier alpha value is -2.76. The zero-order valence-electron chi connectivity index (χ0n) is 10.1. The molecule has 0 saturated carbocycles. The van der Waals surface area contributed by atoms with Crippen LogP contribution in [0.4, 0.5) is 5.69 Å². The van der Waals surface area contributed by atoms with E-state index in [9.17, 15) is 14.7 Å². The van der Waals surface area contributed by atoms with Gasteiger partial charge in [-0.2, -0.15) is 0 Å². The van der Waals surface area contributed by atoms with Gasteiger partial charge in [0.05, 0.1) is 11.3 Å². The summed E-state index contributed by atoms with van der Waals surface area (Å²) >= 11 is 0. The monoisotopic (exact) mass is 260 g/mol. The van der Waals surface area contributed by atoms with Gasteiger partial charge in [0.25, 0.3) is 5.91 Å². The van der Waals surface area contributed by atoms with E-state index in [4.69, 9.17) is 5.11 Å². The van der Waals surface area contributed by atoms with Crippen LogP contribution in [0.1, 0.15) is 26.4 Å². The van der Waals surface area contributed by atoms with Crippen LogP contribution < -0.4 is 5.32 Å². The first-order valence-electron chi connectivity index (χ1n) is 5.51. The van der Waals surface area contributed by atoms with E-state index in [1.807, 2.05) is 0 Å². The number of aromatic carboxylic acids is 1. The topological polar surface area (TPSA) is 102 Å². The van der Waals surface area contributed by atoms with Gasteiger partial charge in [0.1, 0.15) is 11.3 Å². The lowest BCUT2D eigenvalue weighted by molar-refractivity contribution is 0.0697. The van der Waals surface area contributed by atoms with Gasteiger partial charge in [-0.25, -0.2) is 4.79 Å². The fourth-order valence-corrected chi connectivity index (χ4v) is 1.76. The number of carboxylic acid groups (broad SMARTS) is 1. The molecule has 2 aromatic rings. The second-order valence-corrected chi connectivity index (χ2v) is 3.98. The first-order valence-corrected chi connectivity index (χ1v) is 5.51. The van der Waals surface area contributed by atoms with Gasteiger partial charge in [0.15, 0.2) is 0 Å². The molecule has 0 saturated heterocycles. The summed E-state index contributed by atoms with van der Waals surface area (Å²) < 4.78 is 0. The van der Waals surface area contributed by atoms with Crippen molar-refractivity contribution < 1.29 is 19.8 Å². The summed E-state index contributed by atoms with van der Waals surface area (Å²) in [5.41, 5.74) is 0.694. The number of carboxylic acids is 1. The van der Waals surface area contributed by atoms with Gasteiger partial charge in [-0.1, -0.05) is 12.1 Å². The van der Waals surface area contributed by atoms with E-state index >= 15 is 0 Å². The van der Waals surface area contributed by atoms with Crippen molar-refractivity contribution in [2.45, 2.75) is 6.92 Å². The smallest absolute Gasteiger partial charge is 0.339 e. The van der Waals surface area contributed by atoms with Crippen LogP contribution in [-0.2, 0) is 0 Å². The van der Waals surface area contributed by atoms with Gasteiger partial charge in [-0.05, 0) is 19.1 Å². The third-order valence-corrected chi connectivity index (χ3v) is 2.69. The number of anilines is 1. The summed E-state index contributed by atoms with van der Waals surface area (Å²) in [6.07, 6.45) is 1.40. The SMILES string of the molecule is Cc1[nH]cc(NC(=O)c2ccccc2O)c1C(=O)O. The average molecular weight is 260 g/mol. The average Bonchev–Trinajstić information content (AvgIpc) is 2.70. The predicted molar refractivity (Wildman–Crippen MR) is 68.5 cm³/mol. The Kier molecular flexibility index (Phi) is 3.24. The van der Waals surface area contributed by atoms with Crippen molar-refractivity contribution in [1.29, 1.82) is 0 Å². The molecular formula is C13H12N2O4. The zero-order chi connectivity index (χ0) is 14.0. The molecule has 4 N–H and O–H groups in total.